The summed E-state index contributed by atoms with van der Waals surface area (Å²) in [6.07, 6.45) is 4.10. The van der Waals surface area contributed by atoms with Crippen molar-refractivity contribution in [3.8, 4) is 0 Å². The largest absolute Gasteiger partial charge is 0.478 e. The van der Waals surface area contributed by atoms with Crippen molar-refractivity contribution in [2.45, 2.75) is 19.3 Å². The molecule has 124 valence electrons. The molecule has 24 heavy (non-hydrogen) atoms. The normalized spacial score (nSPS) is 17.0. The minimum atomic E-state index is -0.913. The van der Waals surface area contributed by atoms with Gasteiger partial charge in [-0.3, -0.25) is 9.78 Å². The number of carbonyl (C=O) groups excluding carboxylic acids is 1. The number of aromatic nitrogens is 1. The van der Waals surface area contributed by atoms with Gasteiger partial charge in [0.05, 0.1) is 23.0 Å². The molecule has 2 aromatic rings. The molecule has 1 aromatic carbocycles. The van der Waals surface area contributed by atoms with Crippen molar-refractivity contribution in [2.75, 3.05) is 18.0 Å². The number of pyridine rings is 1. The van der Waals surface area contributed by atoms with Gasteiger partial charge in [0.15, 0.2) is 0 Å². The number of rotatable bonds is 4. The predicted molar refractivity (Wildman–Crippen MR) is 90.5 cm³/mol. The van der Waals surface area contributed by atoms with E-state index in [1.54, 1.807) is 24.4 Å². The maximum absolute atomic E-state index is 11.3. The summed E-state index contributed by atoms with van der Waals surface area (Å²) in [7, 11) is 0. The van der Waals surface area contributed by atoms with Gasteiger partial charge in [0.1, 0.15) is 0 Å². The smallest absolute Gasteiger partial charge is 0.335 e. The van der Waals surface area contributed by atoms with Gasteiger partial charge < -0.3 is 15.7 Å². The van der Waals surface area contributed by atoms with Crippen molar-refractivity contribution in [1.82, 2.24) is 4.98 Å². The number of aryl methyl sites for hydroxylation is 1. The lowest BCUT2D eigenvalue weighted by atomic mass is 9.92. The molecule has 1 aliphatic heterocycles. The summed E-state index contributed by atoms with van der Waals surface area (Å²) in [5, 5.41) is 9.19. The molecule has 0 bridgehead atoms. The number of primary amides is 1. The number of benzene rings is 1. The lowest BCUT2D eigenvalue weighted by Gasteiger charge is -2.19. The molecule has 0 radical (unpaired) electrons. The fourth-order valence-electron chi connectivity index (χ4n) is 3.20. The van der Waals surface area contributed by atoms with Crippen molar-refractivity contribution < 1.29 is 14.7 Å². The molecule has 1 fully saturated rings. The quantitative estimate of drug-likeness (QED) is 0.898. The number of anilines is 1. The monoisotopic (exact) mass is 325 g/mol. The Bertz CT molecular complexity index is 804. The van der Waals surface area contributed by atoms with Gasteiger partial charge in [-0.2, -0.15) is 0 Å². The van der Waals surface area contributed by atoms with Gasteiger partial charge in [-0.1, -0.05) is 6.07 Å². The minimum Gasteiger partial charge on any atom is -0.478 e. The van der Waals surface area contributed by atoms with E-state index in [9.17, 15) is 14.7 Å². The van der Waals surface area contributed by atoms with Crippen molar-refractivity contribution in [1.29, 1.82) is 0 Å². The van der Waals surface area contributed by atoms with Crippen LogP contribution in [0.3, 0.4) is 0 Å². The van der Waals surface area contributed by atoms with Crippen LogP contribution < -0.4 is 10.6 Å². The summed E-state index contributed by atoms with van der Waals surface area (Å²) < 4.78 is 0. The van der Waals surface area contributed by atoms with E-state index in [0.717, 1.165) is 36.3 Å². The summed E-state index contributed by atoms with van der Waals surface area (Å²) in [5.41, 5.74) is 9.03. The van der Waals surface area contributed by atoms with Crippen LogP contribution in [0.2, 0.25) is 0 Å². The standard InChI is InChI=1S/C18H19N3O3/c1-11-2-3-12(18(23)24)7-16(11)13-4-5-21(10-13)15-6-14(17(19)22)8-20-9-15/h2-3,6-9,13H,4-5,10H2,1H3,(H2,19,22)(H,23,24)/t13-/m1/s1. The Kier molecular flexibility index (Phi) is 4.20. The maximum Gasteiger partial charge on any atom is 0.335 e. The second kappa shape index (κ2) is 6.31. The van der Waals surface area contributed by atoms with Crippen LogP contribution in [0.25, 0.3) is 0 Å². The third kappa shape index (κ3) is 3.08. The van der Waals surface area contributed by atoms with Crippen LogP contribution in [-0.4, -0.2) is 35.1 Å². The molecule has 6 nitrogen and oxygen atoms in total. The molecule has 2 heterocycles. The number of amides is 1. The summed E-state index contributed by atoms with van der Waals surface area (Å²) >= 11 is 0. The number of nitrogens with two attached hydrogens (primary N) is 1. The van der Waals surface area contributed by atoms with Crippen LogP contribution in [0.1, 0.15) is 44.2 Å². The van der Waals surface area contributed by atoms with Gasteiger partial charge in [0.25, 0.3) is 0 Å². The Morgan fingerprint density at radius 3 is 2.75 bits per heavy atom. The van der Waals surface area contributed by atoms with E-state index in [4.69, 9.17) is 5.73 Å². The molecule has 0 spiro atoms. The second-order valence-electron chi connectivity index (χ2n) is 6.10. The van der Waals surface area contributed by atoms with E-state index in [1.165, 1.54) is 6.20 Å². The minimum absolute atomic E-state index is 0.251. The van der Waals surface area contributed by atoms with E-state index in [1.807, 2.05) is 13.0 Å². The predicted octanol–water partition coefficient (Wildman–Crippen LogP) is 2.18. The SMILES string of the molecule is Cc1ccc(C(=O)O)cc1[C@@H]1CCN(c2cncc(C(N)=O)c2)C1. The number of carboxylic acids is 1. The van der Waals surface area contributed by atoms with E-state index in [2.05, 4.69) is 9.88 Å². The molecule has 0 unspecified atom stereocenters. The van der Waals surface area contributed by atoms with Crippen LogP contribution in [0.5, 0.6) is 0 Å². The van der Waals surface area contributed by atoms with Crippen molar-refractivity contribution >= 4 is 17.6 Å². The van der Waals surface area contributed by atoms with Crippen molar-refractivity contribution in [2.24, 2.45) is 5.73 Å². The summed E-state index contributed by atoms with van der Waals surface area (Å²) in [6.45, 7) is 3.58. The van der Waals surface area contributed by atoms with Gasteiger partial charge in [0.2, 0.25) is 5.91 Å². The first-order valence-electron chi connectivity index (χ1n) is 7.79. The zero-order valence-electron chi connectivity index (χ0n) is 13.4. The highest BCUT2D eigenvalue weighted by molar-refractivity contribution is 5.93. The number of hydrogen-bond donors (Lipinski definition) is 2. The Hall–Kier alpha value is -2.89. The highest BCUT2D eigenvalue weighted by Gasteiger charge is 2.26. The first kappa shape index (κ1) is 16.0. The van der Waals surface area contributed by atoms with Gasteiger partial charge in [0, 0.05) is 25.2 Å². The Labute approximate surface area is 139 Å². The van der Waals surface area contributed by atoms with Crippen molar-refractivity contribution in [3.05, 3.63) is 58.9 Å². The zero-order valence-corrected chi connectivity index (χ0v) is 13.4. The summed E-state index contributed by atoms with van der Waals surface area (Å²) in [6, 6.07) is 7.01. The van der Waals surface area contributed by atoms with Crippen LogP contribution in [-0.2, 0) is 0 Å². The van der Waals surface area contributed by atoms with Gasteiger partial charge in [-0.05, 0) is 42.7 Å². The molecule has 0 aliphatic carbocycles. The third-order valence-corrected chi connectivity index (χ3v) is 4.53. The van der Waals surface area contributed by atoms with Crippen LogP contribution in [0, 0.1) is 6.92 Å². The first-order chi connectivity index (χ1) is 11.5. The average Bonchev–Trinajstić information content (AvgIpc) is 3.05. The van der Waals surface area contributed by atoms with Gasteiger partial charge in [-0.25, -0.2) is 4.79 Å². The lowest BCUT2D eigenvalue weighted by molar-refractivity contribution is 0.0696. The van der Waals surface area contributed by atoms with Gasteiger partial charge in [-0.15, -0.1) is 0 Å². The number of hydrogen-bond acceptors (Lipinski definition) is 4. The first-order valence-corrected chi connectivity index (χ1v) is 7.79. The third-order valence-electron chi connectivity index (χ3n) is 4.53. The molecular weight excluding hydrogens is 306 g/mol. The maximum atomic E-state index is 11.3. The van der Waals surface area contributed by atoms with E-state index in [0.29, 0.717) is 11.1 Å². The number of nitrogens with zero attached hydrogens (tertiary/aromatic N) is 2. The molecule has 1 aromatic heterocycles. The van der Waals surface area contributed by atoms with Gasteiger partial charge >= 0.3 is 5.97 Å². The Morgan fingerprint density at radius 2 is 2.04 bits per heavy atom. The second-order valence-corrected chi connectivity index (χ2v) is 6.10. The summed E-state index contributed by atoms with van der Waals surface area (Å²) in [5.74, 6) is -1.16. The van der Waals surface area contributed by atoms with Crippen LogP contribution in [0.4, 0.5) is 5.69 Å². The fraction of sp³-hybridized carbons (Fsp3) is 0.278. The van der Waals surface area contributed by atoms with Crippen molar-refractivity contribution in [3.63, 3.8) is 0 Å². The fourth-order valence-corrected chi connectivity index (χ4v) is 3.20. The molecule has 1 saturated heterocycles. The Morgan fingerprint density at radius 1 is 1.25 bits per heavy atom. The Balaban J connectivity index is 1.83. The molecule has 6 heteroatoms. The van der Waals surface area contributed by atoms with E-state index < -0.39 is 11.9 Å². The highest BCUT2D eigenvalue weighted by Crippen LogP contribution is 2.32. The molecule has 1 amide bonds. The molecule has 0 saturated carbocycles. The molecular formula is C18H19N3O3. The number of carbonyl (C=O) groups is 2. The zero-order chi connectivity index (χ0) is 17.3. The molecule has 1 atom stereocenters. The lowest BCUT2D eigenvalue weighted by Crippen LogP contribution is -2.21. The highest BCUT2D eigenvalue weighted by atomic mass is 16.4. The molecule has 3 rings (SSSR count). The van der Waals surface area contributed by atoms with E-state index in [-0.39, 0.29) is 5.92 Å². The number of carboxylic acid groups (broad SMARTS) is 1. The summed E-state index contributed by atoms with van der Waals surface area (Å²) in [4.78, 5) is 28.7. The molecule has 3 N–H and O–H groups in total. The molecule has 1 aliphatic rings. The topological polar surface area (TPSA) is 96.5 Å². The van der Waals surface area contributed by atoms with Crippen LogP contribution >= 0.6 is 0 Å². The number of aromatic carboxylic acids is 1. The average molecular weight is 325 g/mol. The van der Waals surface area contributed by atoms with Crippen LogP contribution in [0.15, 0.2) is 36.7 Å². The van der Waals surface area contributed by atoms with E-state index >= 15 is 0 Å².